The maximum Gasteiger partial charge on any atom is 1.00 e. The third-order valence-corrected chi connectivity index (χ3v) is 16.9. The van der Waals surface area contributed by atoms with E-state index in [4.69, 9.17) is 96.2 Å². The minimum atomic E-state index is -1.74. The molecule has 0 unspecified atom stereocenters. The number of carbonyl (C=O) groups excluding carboxylic acids is 3. The SMILES string of the molecule is COC(=O)c1cc(N)c(Br)cc1Cl.COC(=O)c1cc(N)c(C)cc1Cl.COC(=O)c1cc(N)ccc1Cl.Cc1cc(Cl)c(CO)cc1N.Cc1cc(Cl)c(CO[Si](C)(C)C(C)(C)C)cc1N.[B].[H-].[Li+]. The van der Waals surface area contributed by atoms with Crippen LogP contribution in [0.2, 0.25) is 43.2 Å². The Morgan fingerprint density at radius 2 is 0.957 bits per heavy atom. The number of ether oxygens (including phenoxy) is 3. The van der Waals surface area contributed by atoms with Crippen LogP contribution in [0.3, 0.4) is 0 Å². The van der Waals surface area contributed by atoms with Crippen molar-refractivity contribution in [1.29, 1.82) is 0 Å². The van der Waals surface area contributed by atoms with Crippen LogP contribution in [0.5, 0.6) is 0 Å². The van der Waals surface area contributed by atoms with E-state index in [1.165, 1.54) is 39.5 Å². The standard InChI is InChI=1S/C14H24ClNOSi.C9H10ClNO2.C8H7BrClNO2.C8H8ClNO2.C8H10ClNO.B.Li.H/c1-10-7-12(15)11(8-13(10)16)9-17-18(5,6)14(2,3)4;1-5-3-7(10)6(4-8(5)11)9(12)13-2;1-13-8(12)4-2-7(11)5(9)3-6(4)10;1-12-8(11)6-4-5(10)2-3-7(6)9;1-5-2-7(9)6(4-11)3-8(5)10;;;/h7-8H,9,16H2,1-6H3;3-4H,11H2,1-2H3;2-3H,11H2,1H3;2-4H,10H2,1H3;2-3,11H,4,10H2,1H3;;;/q;;;;;;+1;-1. The largest absolute Gasteiger partial charge is 1.00 e. The molecule has 0 spiro atoms. The van der Waals surface area contributed by atoms with E-state index in [2.05, 4.69) is 64.0 Å². The number of aliphatic hydroxyl groups excluding tert-OH is 1. The summed E-state index contributed by atoms with van der Waals surface area (Å²) in [5, 5.41) is 11.3. The topological polar surface area (TPSA) is 238 Å². The Kier molecular flexibility index (Phi) is 30.1. The zero-order valence-corrected chi connectivity index (χ0v) is 47.2. The average molecular weight is 1130 g/mol. The molecule has 0 atom stereocenters. The first kappa shape index (κ1) is 67.3. The molecule has 22 heteroatoms. The fourth-order valence-electron chi connectivity index (χ4n) is 4.78. The van der Waals surface area contributed by atoms with Gasteiger partial charge in [0.1, 0.15) is 0 Å². The normalized spacial score (nSPS) is 10.3. The minimum Gasteiger partial charge on any atom is -1.00 e. The Labute approximate surface area is 455 Å². The summed E-state index contributed by atoms with van der Waals surface area (Å²) >= 11 is 32.5. The fraction of sp³-hybridized carbons (Fsp3) is 0.298. The third kappa shape index (κ3) is 21.2. The van der Waals surface area contributed by atoms with Crippen molar-refractivity contribution in [1.82, 2.24) is 0 Å². The van der Waals surface area contributed by atoms with Gasteiger partial charge in [0.25, 0.3) is 0 Å². The van der Waals surface area contributed by atoms with E-state index in [0.717, 1.165) is 33.0 Å². The number of benzene rings is 5. The number of nitrogens with two attached hydrogens (primary N) is 5. The number of carbonyl (C=O) groups is 3. The van der Waals surface area contributed by atoms with Gasteiger partial charge >= 0.3 is 36.8 Å². The number of esters is 3. The van der Waals surface area contributed by atoms with E-state index in [-0.39, 0.29) is 45.9 Å². The molecule has 5 aromatic rings. The van der Waals surface area contributed by atoms with Crippen molar-refractivity contribution < 1.29 is 58.4 Å². The minimum absolute atomic E-state index is 0. The van der Waals surface area contributed by atoms with Crippen molar-refractivity contribution in [2.24, 2.45) is 0 Å². The van der Waals surface area contributed by atoms with Gasteiger partial charge in [-0.3, -0.25) is 0 Å². The summed E-state index contributed by atoms with van der Waals surface area (Å²) in [6.07, 6.45) is 0. The molecule has 3 radical (unpaired) electrons. The first-order valence-electron chi connectivity index (χ1n) is 19.9. The van der Waals surface area contributed by atoms with E-state index < -0.39 is 26.2 Å². The van der Waals surface area contributed by atoms with E-state index in [9.17, 15) is 14.4 Å². The number of anilines is 5. The van der Waals surface area contributed by atoms with Gasteiger partial charge in [-0.1, -0.05) is 78.8 Å². The number of hydrogen-bond donors (Lipinski definition) is 6. The molecule has 5 aromatic carbocycles. The first-order valence-corrected chi connectivity index (χ1v) is 25.5. The van der Waals surface area contributed by atoms with Crippen molar-refractivity contribution in [2.45, 2.75) is 72.9 Å². The van der Waals surface area contributed by atoms with Crippen LogP contribution in [0.25, 0.3) is 0 Å². The summed E-state index contributed by atoms with van der Waals surface area (Å²) in [4.78, 5) is 33.3. The Balaban J connectivity index is -0.000000801. The van der Waals surface area contributed by atoms with Crippen molar-refractivity contribution in [3.05, 3.63) is 141 Å². The molecule has 11 N–H and O–H groups in total. The molecule has 0 saturated heterocycles. The van der Waals surface area contributed by atoms with Crippen molar-refractivity contribution >= 4 is 137 Å². The van der Waals surface area contributed by atoms with Crippen LogP contribution >= 0.6 is 73.9 Å². The number of nitrogen functional groups attached to an aromatic ring is 5. The van der Waals surface area contributed by atoms with Crippen LogP contribution < -0.4 is 47.5 Å². The Hall–Kier alpha value is -3.76. The fourth-order valence-corrected chi connectivity index (χ4v) is 7.48. The number of hydrogen-bond acceptors (Lipinski definition) is 13. The Morgan fingerprint density at radius 3 is 1.38 bits per heavy atom. The van der Waals surface area contributed by atoms with Crippen molar-refractivity contribution in [3.63, 3.8) is 0 Å². The molecule has 0 aromatic heterocycles. The van der Waals surface area contributed by atoms with Gasteiger partial charge in [-0.15, -0.1) is 0 Å². The van der Waals surface area contributed by atoms with E-state index in [0.29, 0.717) is 70.6 Å². The van der Waals surface area contributed by atoms with Gasteiger partial charge in [-0.25, -0.2) is 14.4 Å². The van der Waals surface area contributed by atoms with E-state index >= 15 is 0 Å². The molecule has 371 valence electrons. The molecule has 0 fully saturated rings. The summed E-state index contributed by atoms with van der Waals surface area (Å²) in [5.41, 5.74) is 36.4. The second-order valence-corrected chi connectivity index (χ2v) is 23.8. The summed E-state index contributed by atoms with van der Waals surface area (Å²) in [6, 6.07) is 18.1. The molecular formula is C47H60BBrCl5LiN5O8Si. The van der Waals surface area contributed by atoms with Gasteiger partial charge in [0, 0.05) is 51.4 Å². The Bertz CT molecular complexity index is 2480. The van der Waals surface area contributed by atoms with Gasteiger partial charge in [0.15, 0.2) is 8.32 Å². The predicted molar refractivity (Wildman–Crippen MR) is 290 cm³/mol. The predicted octanol–water partition coefficient (Wildman–Crippen LogP) is 9.41. The monoisotopic (exact) mass is 1120 g/mol. The first-order chi connectivity index (χ1) is 31.0. The Morgan fingerprint density at radius 1 is 0.594 bits per heavy atom. The molecule has 69 heavy (non-hydrogen) atoms. The average Bonchev–Trinajstić information content (AvgIpc) is 3.26. The summed E-state index contributed by atoms with van der Waals surface area (Å²) in [7, 11) is 2.14. The second kappa shape index (κ2) is 30.9. The molecule has 0 heterocycles. The number of rotatable bonds is 7. The molecule has 0 amide bonds. The number of aliphatic hydroxyl groups is 1. The van der Waals surface area contributed by atoms with Gasteiger partial charge in [-0.05, 0) is 149 Å². The van der Waals surface area contributed by atoms with Crippen LogP contribution in [-0.2, 0) is 31.9 Å². The van der Waals surface area contributed by atoms with Gasteiger partial charge in [0.05, 0.1) is 66.3 Å². The van der Waals surface area contributed by atoms with E-state index in [1.54, 1.807) is 36.4 Å². The van der Waals surface area contributed by atoms with E-state index in [1.807, 2.05) is 32.9 Å². The third-order valence-electron chi connectivity index (χ3n) is 10.1. The van der Waals surface area contributed by atoms with Crippen LogP contribution in [0, 0.1) is 20.8 Å². The molecule has 13 nitrogen and oxygen atoms in total. The second-order valence-electron chi connectivity index (χ2n) is 16.1. The maximum atomic E-state index is 11.1. The van der Waals surface area contributed by atoms with Crippen LogP contribution in [0.4, 0.5) is 28.4 Å². The molecule has 0 aliphatic heterocycles. The summed E-state index contributed by atoms with van der Waals surface area (Å²) in [5.74, 6) is -1.45. The molecular weight excluding hydrogens is 1070 g/mol. The van der Waals surface area contributed by atoms with Crippen molar-refractivity contribution in [3.8, 4) is 0 Å². The maximum absolute atomic E-state index is 11.1. The smallest absolute Gasteiger partial charge is 1.00 e. The molecule has 5 rings (SSSR count). The molecule has 0 saturated carbocycles. The number of aryl methyl sites for hydroxylation is 3. The van der Waals surface area contributed by atoms with Crippen molar-refractivity contribution in [2.75, 3.05) is 50.0 Å². The van der Waals surface area contributed by atoms with Crippen LogP contribution in [0.15, 0.2) is 71.2 Å². The van der Waals surface area contributed by atoms with Gasteiger partial charge in [0.2, 0.25) is 0 Å². The van der Waals surface area contributed by atoms with Gasteiger partial charge in [-0.2, -0.15) is 0 Å². The number of halogens is 6. The van der Waals surface area contributed by atoms with Gasteiger partial charge < -0.3 is 53.8 Å². The molecule has 0 aliphatic carbocycles. The number of methoxy groups -OCH3 is 3. The zero-order chi connectivity index (χ0) is 51.7. The zero-order valence-electron chi connectivity index (χ0n) is 41.8. The van der Waals surface area contributed by atoms with Crippen LogP contribution in [0.1, 0.15) is 81.1 Å². The summed E-state index contributed by atoms with van der Waals surface area (Å²) < 4.78 is 20.4. The molecule has 0 aliphatic rings. The van der Waals surface area contributed by atoms with Crippen LogP contribution in [-0.4, -0.2) is 61.1 Å². The summed E-state index contributed by atoms with van der Waals surface area (Å²) in [6.45, 7) is 17.3. The molecule has 0 bridgehead atoms. The quantitative estimate of drug-likeness (QED) is 0.0386.